The SMILES string of the molecule is O=C(NCc1cccnc1)c1ccc(CSc2nc(-c3ccccc3)cc(N3CCOCC3)n2)o1. The van der Waals surface area contributed by atoms with Crippen LogP contribution in [0, 0.1) is 0 Å². The van der Waals surface area contributed by atoms with E-state index in [-0.39, 0.29) is 11.7 Å². The molecule has 0 radical (unpaired) electrons. The van der Waals surface area contributed by atoms with Crippen molar-refractivity contribution in [3.63, 3.8) is 0 Å². The number of ether oxygens (including phenoxy) is 1. The van der Waals surface area contributed by atoms with Crippen LogP contribution >= 0.6 is 11.8 Å². The second-order valence-electron chi connectivity index (χ2n) is 7.96. The molecular weight excluding hydrogens is 462 g/mol. The Hall–Kier alpha value is -3.69. The van der Waals surface area contributed by atoms with Gasteiger partial charge in [0.15, 0.2) is 10.9 Å². The van der Waals surface area contributed by atoms with Gasteiger partial charge in [-0.15, -0.1) is 0 Å². The summed E-state index contributed by atoms with van der Waals surface area (Å²) in [5.41, 5.74) is 2.84. The van der Waals surface area contributed by atoms with Gasteiger partial charge in [-0.05, 0) is 23.8 Å². The molecule has 178 valence electrons. The molecule has 0 saturated carbocycles. The summed E-state index contributed by atoms with van der Waals surface area (Å²) in [5, 5.41) is 3.51. The minimum Gasteiger partial charge on any atom is -0.455 e. The van der Waals surface area contributed by atoms with Crippen molar-refractivity contribution in [2.45, 2.75) is 17.5 Å². The minimum atomic E-state index is -0.262. The molecule has 9 heteroatoms. The number of benzene rings is 1. The van der Waals surface area contributed by atoms with Crippen LogP contribution in [0.5, 0.6) is 0 Å². The number of morpholine rings is 1. The van der Waals surface area contributed by atoms with E-state index in [0.29, 0.717) is 36.4 Å². The van der Waals surface area contributed by atoms with E-state index in [1.54, 1.807) is 18.5 Å². The number of pyridine rings is 1. The summed E-state index contributed by atoms with van der Waals surface area (Å²) in [6, 6.07) is 19.4. The Labute approximate surface area is 207 Å². The lowest BCUT2D eigenvalue weighted by Gasteiger charge is -2.28. The summed E-state index contributed by atoms with van der Waals surface area (Å²) in [6.45, 7) is 3.36. The highest BCUT2D eigenvalue weighted by Crippen LogP contribution is 2.28. The Bertz CT molecular complexity index is 1260. The van der Waals surface area contributed by atoms with Crippen molar-refractivity contribution in [2.75, 3.05) is 31.2 Å². The molecule has 8 nitrogen and oxygen atoms in total. The first-order valence-electron chi connectivity index (χ1n) is 11.4. The number of carbonyl (C=O) groups excluding carboxylic acids is 1. The van der Waals surface area contributed by atoms with E-state index in [0.717, 1.165) is 35.7 Å². The van der Waals surface area contributed by atoms with Gasteiger partial charge in [-0.25, -0.2) is 9.97 Å². The third kappa shape index (κ3) is 6.06. The van der Waals surface area contributed by atoms with E-state index < -0.39 is 0 Å². The summed E-state index contributed by atoms with van der Waals surface area (Å²) in [7, 11) is 0. The monoisotopic (exact) mass is 487 g/mol. The number of nitrogens with one attached hydrogen (secondary N) is 1. The third-order valence-corrected chi connectivity index (χ3v) is 6.37. The van der Waals surface area contributed by atoms with Gasteiger partial charge in [0.25, 0.3) is 5.91 Å². The van der Waals surface area contributed by atoms with E-state index >= 15 is 0 Å². The van der Waals surface area contributed by atoms with Crippen LogP contribution in [-0.2, 0) is 17.0 Å². The second-order valence-corrected chi connectivity index (χ2v) is 8.90. The molecule has 5 rings (SSSR count). The molecule has 3 aromatic heterocycles. The smallest absolute Gasteiger partial charge is 0.287 e. The van der Waals surface area contributed by atoms with Crippen LogP contribution < -0.4 is 10.2 Å². The predicted molar refractivity (Wildman–Crippen MR) is 134 cm³/mol. The number of aromatic nitrogens is 3. The molecule has 0 unspecified atom stereocenters. The van der Waals surface area contributed by atoms with E-state index in [9.17, 15) is 4.79 Å². The second kappa shape index (κ2) is 11.2. The van der Waals surface area contributed by atoms with Crippen molar-refractivity contribution in [3.05, 3.63) is 90.1 Å². The minimum absolute atomic E-state index is 0.262. The maximum atomic E-state index is 12.5. The van der Waals surface area contributed by atoms with E-state index in [1.165, 1.54) is 11.8 Å². The molecule has 1 amide bonds. The zero-order valence-electron chi connectivity index (χ0n) is 19.1. The van der Waals surface area contributed by atoms with Gasteiger partial charge in [0.1, 0.15) is 11.6 Å². The molecule has 1 aromatic carbocycles. The first-order chi connectivity index (χ1) is 17.2. The standard InChI is InChI=1S/C26H25N5O3S/c32-25(28-17-19-5-4-10-27-16-19)23-9-8-21(34-23)18-35-26-29-22(20-6-2-1-3-7-20)15-24(30-26)31-11-13-33-14-12-31/h1-10,15-16H,11-14,17-18H2,(H,28,32). The van der Waals surface area contributed by atoms with Gasteiger partial charge in [-0.3, -0.25) is 9.78 Å². The molecule has 0 bridgehead atoms. The van der Waals surface area contributed by atoms with Crippen LogP contribution in [0.3, 0.4) is 0 Å². The molecule has 1 fully saturated rings. The van der Waals surface area contributed by atoms with Crippen LogP contribution in [0.4, 0.5) is 5.82 Å². The molecule has 35 heavy (non-hydrogen) atoms. The summed E-state index contributed by atoms with van der Waals surface area (Å²) < 4.78 is 11.3. The molecule has 1 saturated heterocycles. The lowest BCUT2D eigenvalue weighted by atomic mass is 10.1. The zero-order valence-corrected chi connectivity index (χ0v) is 19.9. The Morgan fingerprint density at radius 3 is 2.69 bits per heavy atom. The molecule has 0 atom stereocenters. The van der Waals surface area contributed by atoms with Crippen molar-refractivity contribution in [2.24, 2.45) is 0 Å². The van der Waals surface area contributed by atoms with Gasteiger partial charge in [0.05, 0.1) is 24.7 Å². The number of hydrogen-bond donors (Lipinski definition) is 1. The lowest BCUT2D eigenvalue weighted by molar-refractivity contribution is 0.0921. The summed E-state index contributed by atoms with van der Waals surface area (Å²) in [6.07, 6.45) is 3.42. The fraction of sp³-hybridized carbons (Fsp3) is 0.231. The average Bonchev–Trinajstić information content (AvgIpc) is 3.41. The van der Waals surface area contributed by atoms with Crippen molar-refractivity contribution in [3.8, 4) is 11.3 Å². The topological polar surface area (TPSA) is 93.4 Å². The van der Waals surface area contributed by atoms with E-state index in [2.05, 4.69) is 15.2 Å². The number of nitrogens with zero attached hydrogens (tertiary/aromatic N) is 4. The molecule has 1 aliphatic rings. The van der Waals surface area contributed by atoms with Gasteiger partial charge >= 0.3 is 0 Å². The first-order valence-corrected chi connectivity index (χ1v) is 12.4. The van der Waals surface area contributed by atoms with Crippen LogP contribution in [0.15, 0.2) is 82.6 Å². The molecule has 1 N–H and O–H groups in total. The van der Waals surface area contributed by atoms with Crippen LogP contribution in [0.1, 0.15) is 21.9 Å². The molecule has 0 spiro atoms. The Balaban J connectivity index is 1.27. The fourth-order valence-electron chi connectivity index (χ4n) is 3.67. The first kappa shape index (κ1) is 23.1. The largest absolute Gasteiger partial charge is 0.455 e. The number of rotatable bonds is 8. The van der Waals surface area contributed by atoms with Crippen LogP contribution in [0.2, 0.25) is 0 Å². The van der Waals surface area contributed by atoms with E-state index in [4.69, 9.17) is 19.1 Å². The van der Waals surface area contributed by atoms with Gasteiger partial charge in [-0.2, -0.15) is 0 Å². The number of amides is 1. The maximum absolute atomic E-state index is 12.5. The van der Waals surface area contributed by atoms with Crippen molar-refractivity contribution < 1.29 is 13.9 Å². The highest BCUT2D eigenvalue weighted by atomic mass is 32.2. The van der Waals surface area contributed by atoms with Gasteiger partial charge in [0.2, 0.25) is 0 Å². The van der Waals surface area contributed by atoms with Crippen LogP contribution in [-0.4, -0.2) is 47.2 Å². The Morgan fingerprint density at radius 1 is 1.03 bits per heavy atom. The third-order valence-electron chi connectivity index (χ3n) is 5.50. The van der Waals surface area contributed by atoms with Gasteiger partial charge in [0, 0.05) is 43.7 Å². The van der Waals surface area contributed by atoms with Gasteiger partial charge < -0.3 is 19.4 Å². The summed E-state index contributed by atoms with van der Waals surface area (Å²) in [4.78, 5) is 28.3. The predicted octanol–water partition coefficient (Wildman–Crippen LogP) is 4.19. The molecule has 0 aliphatic carbocycles. The van der Waals surface area contributed by atoms with Gasteiger partial charge in [-0.1, -0.05) is 48.2 Å². The Morgan fingerprint density at radius 2 is 1.89 bits per heavy atom. The van der Waals surface area contributed by atoms with E-state index in [1.807, 2.05) is 54.6 Å². The molecule has 4 aromatic rings. The molecule has 4 heterocycles. The van der Waals surface area contributed by atoms with Crippen molar-refractivity contribution in [1.29, 1.82) is 0 Å². The summed E-state index contributed by atoms with van der Waals surface area (Å²) >= 11 is 1.48. The lowest BCUT2D eigenvalue weighted by Crippen LogP contribution is -2.36. The Kier molecular flexibility index (Phi) is 7.35. The maximum Gasteiger partial charge on any atom is 0.287 e. The number of hydrogen-bond acceptors (Lipinski definition) is 8. The molecular formula is C26H25N5O3S. The molecule has 1 aliphatic heterocycles. The number of anilines is 1. The number of carbonyl (C=O) groups is 1. The highest BCUT2D eigenvalue weighted by Gasteiger charge is 2.17. The zero-order chi connectivity index (χ0) is 23.9. The quantitative estimate of drug-likeness (QED) is 0.292. The van der Waals surface area contributed by atoms with Crippen molar-refractivity contribution in [1.82, 2.24) is 20.3 Å². The summed E-state index contributed by atoms with van der Waals surface area (Å²) in [5.74, 6) is 2.10. The average molecular weight is 488 g/mol. The van der Waals surface area contributed by atoms with Crippen LogP contribution in [0.25, 0.3) is 11.3 Å². The fourth-order valence-corrected chi connectivity index (χ4v) is 4.42. The normalized spacial score (nSPS) is 13.5. The number of furan rings is 1. The van der Waals surface area contributed by atoms with Crippen molar-refractivity contribution >= 4 is 23.5 Å². The highest BCUT2D eigenvalue weighted by molar-refractivity contribution is 7.98. The number of thioether (sulfide) groups is 1.